The van der Waals surface area contributed by atoms with E-state index in [-0.39, 0.29) is 12.1 Å². The predicted octanol–water partition coefficient (Wildman–Crippen LogP) is 3.70. The van der Waals surface area contributed by atoms with Crippen LogP contribution >= 0.6 is 0 Å². The third kappa shape index (κ3) is 2.44. The fourth-order valence-corrected chi connectivity index (χ4v) is 2.61. The second kappa shape index (κ2) is 5.93. The van der Waals surface area contributed by atoms with Crippen molar-refractivity contribution < 1.29 is 9.53 Å². The van der Waals surface area contributed by atoms with Crippen molar-refractivity contribution in [1.29, 1.82) is 0 Å². The van der Waals surface area contributed by atoms with Crippen molar-refractivity contribution in [2.24, 2.45) is 0 Å². The first-order valence-corrected chi connectivity index (χ1v) is 7.28. The van der Waals surface area contributed by atoms with Gasteiger partial charge in [-0.2, -0.15) is 0 Å². The van der Waals surface area contributed by atoms with Gasteiger partial charge in [0.2, 0.25) is 0 Å². The number of anilines is 3. The molecule has 0 fully saturated rings. The number of nitrogens with zero attached hydrogens (tertiary/aromatic N) is 1. The van der Waals surface area contributed by atoms with Gasteiger partial charge < -0.3 is 15.0 Å². The topological polar surface area (TPSA) is 41.6 Å². The van der Waals surface area contributed by atoms with Gasteiger partial charge in [-0.05, 0) is 31.2 Å². The summed E-state index contributed by atoms with van der Waals surface area (Å²) in [7, 11) is 0. The van der Waals surface area contributed by atoms with Gasteiger partial charge in [-0.3, -0.25) is 0 Å². The van der Waals surface area contributed by atoms with Gasteiger partial charge in [0.05, 0.1) is 23.6 Å². The minimum atomic E-state index is -0.381. The fourth-order valence-electron chi connectivity index (χ4n) is 2.61. The zero-order chi connectivity index (χ0) is 15.5. The van der Waals surface area contributed by atoms with Crippen LogP contribution in [0.25, 0.3) is 0 Å². The van der Waals surface area contributed by atoms with Crippen LogP contribution in [-0.4, -0.2) is 18.7 Å². The molecular weight excluding hydrogens is 276 g/mol. The number of hydrogen-bond donors (Lipinski definition) is 1. The van der Waals surface area contributed by atoms with E-state index in [0.29, 0.717) is 12.2 Å². The summed E-state index contributed by atoms with van der Waals surface area (Å²) in [4.78, 5) is 14.1. The second-order valence-corrected chi connectivity index (χ2v) is 5.02. The smallest absolute Gasteiger partial charge is 0.337 e. The first-order chi connectivity index (χ1) is 10.7. The van der Waals surface area contributed by atoms with E-state index in [9.17, 15) is 4.79 Å². The van der Waals surface area contributed by atoms with Crippen LogP contribution in [0.15, 0.2) is 66.7 Å². The molecule has 1 heterocycles. The van der Waals surface area contributed by atoms with Crippen LogP contribution in [0, 0.1) is 0 Å². The first kappa shape index (κ1) is 14.2. The molecule has 0 saturated carbocycles. The molecule has 0 saturated heterocycles. The zero-order valence-corrected chi connectivity index (χ0v) is 12.5. The van der Waals surface area contributed by atoms with Gasteiger partial charge in [0.25, 0.3) is 0 Å². The van der Waals surface area contributed by atoms with Gasteiger partial charge in [0, 0.05) is 5.69 Å². The lowest BCUT2D eigenvalue weighted by Crippen LogP contribution is -2.36. The third-order valence-corrected chi connectivity index (χ3v) is 3.62. The standard InChI is InChI=1S/C18H18N2O2/c1-3-22-18(21)13(2)17-19-15-11-7-8-12-16(15)20(17)14-9-5-4-6-10-14/h4-12,17,19H,2-3H2,1H3. The minimum Gasteiger partial charge on any atom is -0.463 e. The summed E-state index contributed by atoms with van der Waals surface area (Å²) < 4.78 is 5.09. The summed E-state index contributed by atoms with van der Waals surface area (Å²) in [5.41, 5.74) is 3.38. The highest BCUT2D eigenvalue weighted by Crippen LogP contribution is 2.41. The molecule has 0 aromatic heterocycles. The molecule has 22 heavy (non-hydrogen) atoms. The summed E-state index contributed by atoms with van der Waals surface area (Å²) in [6.07, 6.45) is -0.348. The molecule has 112 valence electrons. The maximum Gasteiger partial charge on any atom is 0.337 e. The van der Waals surface area contributed by atoms with Crippen LogP contribution in [0.3, 0.4) is 0 Å². The number of benzene rings is 2. The molecule has 1 atom stereocenters. The van der Waals surface area contributed by atoms with E-state index >= 15 is 0 Å². The molecule has 1 aliphatic heterocycles. The van der Waals surface area contributed by atoms with Crippen LogP contribution in [0.2, 0.25) is 0 Å². The quantitative estimate of drug-likeness (QED) is 0.689. The summed E-state index contributed by atoms with van der Waals surface area (Å²) in [6, 6.07) is 17.9. The molecule has 0 bridgehead atoms. The number of fused-ring (bicyclic) bond motifs is 1. The molecule has 0 spiro atoms. The SMILES string of the molecule is C=C(C(=O)OCC)C1Nc2ccccc2N1c1ccccc1. The molecule has 0 amide bonds. The molecule has 0 aliphatic carbocycles. The summed E-state index contributed by atoms with van der Waals surface area (Å²) in [6.45, 7) is 6.06. The Kier molecular flexibility index (Phi) is 3.83. The Morgan fingerprint density at radius 2 is 1.86 bits per heavy atom. The van der Waals surface area contributed by atoms with E-state index in [1.807, 2.05) is 54.6 Å². The molecule has 3 rings (SSSR count). The van der Waals surface area contributed by atoms with Crippen molar-refractivity contribution in [1.82, 2.24) is 0 Å². The number of rotatable bonds is 4. The number of para-hydroxylation sites is 3. The second-order valence-electron chi connectivity index (χ2n) is 5.02. The average molecular weight is 294 g/mol. The van der Waals surface area contributed by atoms with E-state index in [2.05, 4.69) is 16.8 Å². The number of ether oxygens (including phenoxy) is 1. The number of carbonyl (C=O) groups excluding carboxylic acids is 1. The van der Waals surface area contributed by atoms with E-state index < -0.39 is 0 Å². The van der Waals surface area contributed by atoms with Gasteiger partial charge in [-0.1, -0.05) is 36.9 Å². The van der Waals surface area contributed by atoms with Gasteiger partial charge in [0.15, 0.2) is 0 Å². The molecule has 1 aliphatic rings. The van der Waals surface area contributed by atoms with Crippen LogP contribution in [0.4, 0.5) is 17.1 Å². The van der Waals surface area contributed by atoms with Gasteiger partial charge in [-0.25, -0.2) is 4.79 Å². The molecule has 2 aromatic rings. The van der Waals surface area contributed by atoms with E-state index in [4.69, 9.17) is 4.74 Å². The molecule has 1 N–H and O–H groups in total. The maximum absolute atomic E-state index is 12.1. The normalized spacial score (nSPS) is 15.9. The Bertz CT molecular complexity index is 697. The molecule has 2 aromatic carbocycles. The Labute approximate surface area is 130 Å². The first-order valence-electron chi connectivity index (χ1n) is 7.28. The van der Waals surface area contributed by atoms with Crippen LogP contribution in [-0.2, 0) is 9.53 Å². The largest absolute Gasteiger partial charge is 0.463 e. The summed E-state index contributed by atoms with van der Waals surface area (Å²) in [5.74, 6) is -0.381. The third-order valence-electron chi connectivity index (χ3n) is 3.62. The van der Waals surface area contributed by atoms with Gasteiger partial charge in [0.1, 0.15) is 6.17 Å². The van der Waals surface area contributed by atoms with E-state index in [1.54, 1.807) is 6.92 Å². The van der Waals surface area contributed by atoms with Crippen molar-refractivity contribution in [2.75, 3.05) is 16.8 Å². The van der Waals surface area contributed by atoms with Crippen molar-refractivity contribution in [2.45, 2.75) is 13.1 Å². The average Bonchev–Trinajstić information content (AvgIpc) is 2.94. The lowest BCUT2D eigenvalue weighted by atomic mass is 10.2. The number of carbonyl (C=O) groups is 1. The van der Waals surface area contributed by atoms with Crippen molar-refractivity contribution in [3.63, 3.8) is 0 Å². The highest BCUT2D eigenvalue weighted by atomic mass is 16.5. The van der Waals surface area contributed by atoms with E-state index in [1.165, 1.54) is 0 Å². The summed E-state index contributed by atoms with van der Waals surface area (Å²) in [5, 5.41) is 3.35. The molecule has 1 unspecified atom stereocenters. The lowest BCUT2D eigenvalue weighted by molar-refractivity contribution is -0.138. The van der Waals surface area contributed by atoms with Crippen molar-refractivity contribution in [3.8, 4) is 0 Å². The van der Waals surface area contributed by atoms with Crippen molar-refractivity contribution in [3.05, 3.63) is 66.7 Å². The number of esters is 1. The fraction of sp³-hybridized carbons (Fsp3) is 0.167. The van der Waals surface area contributed by atoms with Gasteiger partial charge in [-0.15, -0.1) is 0 Å². The lowest BCUT2D eigenvalue weighted by Gasteiger charge is -2.27. The summed E-state index contributed by atoms with van der Waals surface area (Å²) >= 11 is 0. The Balaban J connectivity index is 2.00. The number of nitrogens with one attached hydrogen (secondary N) is 1. The molecule has 4 heteroatoms. The highest BCUT2D eigenvalue weighted by Gasteiger charge is 2.34. The number of hydrogen-bond acceptors (Lipinski definition) is 4. The van der Waals surface area contributed by atoms with Crippen LogP contribution in [0.5, 0.6) is 0 Å². The van der Waals surface area contributed by atoms with Crippen LogP contribution in [0.1, 0.15) is 6.92 Å². The monoisotopic (exact) mass is 294 g/mol. The van der Waals surface area contributed by atoms with E-state index in [0.717, 1.165) is 17.1 Å². The predicted molar refractivity (Wildman–Crippen MR) is 88.2 cm³/mol. The maximum atomic E-state index is 12.1. The zero-order valence-electron chi connectivity index (χ0n) is 12.5. The highest BCUT2D eigenvalue weighted by molar-refractivity contribution is 5.95. The van der Waals surface area contributed by atoms with Crippen molar-refractivity contribution >= 4 is 23.0 Å². The Hall–Kier alpha value is -2.75. The Morgan fingerprint density at radius 3 is 2.59 bits per heavy atom. The van der Waals surface area contributed by atoms with Gasteiger partial charge >= 0.3 is 5.97 Å². The molecule has 4 nitrogen and oxygen atoms in total. The molecular formula is C18H18N2O2. The minimum absolute atomic E-state index is 0.336. The Morgan fingerprint density at radius 1 is 1.18 bits per heavy atom. The van der Waals surface area contributed by atoms with Crippen LogP contribution < -0.4 is 10.2 Å². The molecule has 0 radical (unpaired) electrons.